The summed E-state index contributed by atoms with van der Waals surface area (Å²) in [5.41, 5.74) is 1.80. The summed E-state index contributed by atoms with van der Waals surface area (Å²) in [6.45, 7) is 3.19. The molecule has 4 aromatic rings. The predicted octanol–water partition coefficient (Wildman–Crippen LogP) is 2.96. The van der Waals surface area contributed by atoms with Crippen molar-refractivity contribution in [3.8, 4) is 28.6 Å². The molecule has 0 radical (unpaired) electrons. The van der Waals surface area contributed by atoms with Gasteiger partial charge in [0.25, 0.3) is 0 Å². The molecule has 1 aromatic carbocycles. The van der Waals surface area contributed by atoms with E-state index in [1.165, 1.54) is 38.1 Å². The summed E-state index contributed by atoms with van der Waals surface area (Å²) in [6, 6.07) is 6.95. The molecule has 0 aliphatic rings. The third kappa shape index (κ3) is 5.33. The van der Waals surface area contributed by atoms with Gasteiger partial charge in [-0.15, -0.1) is 10.2 Å². The molecule has 0 amide bonds. The number of methoxy groups -OCH3 is 2. The van der Waals surface area contributed by atoms with Gasteiger partial charge >= 0.3 is 0 Å². The van der Waals surface area contributed by atoms with Crippen molar-refractivity contribution in [3.63, 3.8) is 0 Å². The minimum absolute atomic E-state index is 0.0957. The Balaban J connectivity index is 1.83. The maximum absolute atomic E-state index is 13.4. The van der Waals surface area contributed by atoms with E-state index in [1.54, 1.807) is 30.6 Å². The number of aliphatic hydroxyl groups excluding tert-OH is 1. The van der Waals surface area contributed by atoms with Gasteiger partial charge in [-0.3, -0.25) is 14.3 Å². The molecule has 12 nitrogen and oxygen atoms in total. The van der Waals surface area contributed by atoms with E-state index in [9.17, 15) is 13.5 Å². The zero-order valence-electron chi connectivity index (χ0n) is 20.3. The van der Waals surface area contributed by atoms with Gasteiger partial charge in [-0.25, -0.2) is 18.4 Å². The highest BCUT2D eigenvalue weighted by atomic mass is 35.5. The summed E-state index contributed by atoms with van der Waals surface area (Å²) >= 11 is 5.80. The fraction of sp³-hybridized carbons (Fsp3) is 0.261. The molecule has 4 rings (SSSR count). The molecule has 3 heterocycles. The molecule has 3 aromatic heterocycles. The van der Waals surface area contributed by atoms with Crippen molar-refractivity contribution in [2.75, 3.05) is 18.9 Å². The van der Waals surface area contributed by atoms with E-state index in [4.69, 9.17) is 21.1 Å². The molecule has 0 unspecified atom stereocenters. The number of benzene rings is 1. The lowest BCUT2D eigenvalue weighted by Crippen LogP contribution is -2.32. The van der Waals surface area contributed by atoms with Crippen LogP contribution in [0, 0.1) is 6.92 Å². The first-order valence-electron chi connectivity index (χ1n) is 10.9. The summed E-state index contributed by atoms with van der Waals surface area (Å²) < 4.78 is 41.7. The fourth-order valence-corrected chi connectivity index (χ4v) is 4.68. The van der Waals surface area contributed by atoms with Gasteiger partial charge in [-0.2, -0.15) is 0 Å². The van der Waals surface area contributed by atoms with Crippen molar-refractivity contribution >= 4 is 27.6 Å². The van der Waals surface area contributed by atoms with Crippen LogP contribution in [0.4, 0.5) is 5.95 Å². The molecule has 14 heteroatoms. The number of nitrogens with one attached hydrogen (secondary N) is 1. The van der Waals surface area contributed by atoms with Gasteiger partial charge in [-0.1, -0.05) is 17.7 Å². The summed E-state index contributed by atoms with van der Waals surface area (Å²) in [5.74, 6) is 0.788. The zero-order valence-corrected chi connectivity index (χ0v) is 21.9. The Kier molecular flexibility index (Phi) is 7.57. The van der Waals surface area contributed by atoms with Gasteiger partial charge in [0.15, 0.2) is 11.6 Å². The van der Waals surface area contributed by atoms with Crippen LogP contribution in [-0.2, 0) is 10.0 Å². The first kappa shape index (κ1) is 26.3. The number of anilines is 1. The van der Waals surface area contributed by atoms with E-state index in [-0.39, 0.29) is 22.6 Å². The second-order valence-electron chi connectivity index (χ2n) is 8.00. The van der Waals surface area contributed by atoms with Gasteiger partial charge in [0.1, 0.15) is 28.5 Å². The van der Waals surface area contributed by atoms with E-state index in [1.807, 2.05) is 13.0 Å². The van der Waals surface area contributed by atoms with Gasteiger partial charge in [0.2, 0.25) is 16.0 Å². The highest BCUT2D eigenvalue weighted by Crippen LogP contribution is 2.38. The Morgan fingerprint density at radius 2 is 1.70 bits per heavy atom. The van der Waals surface area contributed by atoms with Crippen LogP contribution in [0.5, 0.6) is 11.5 Å². The molecule has 0 bridgehead atoms. The molecule has 0 aliphatic carbocycles. The lowest BCUT2D eigenvalue weighted by molar-refractivity contribution is 0.166. The lowest BCUT2D eigenvalue weighted by atomic mass is 10.2. The summed E-state index contributed by atoms with van der Waals surface area (Å²) in [5, 5.41) is 17.9. The summed E-state index contributed by atoms with van der Waals surface area (Å²) in [4.78, 5) is 12.1. The summed E-state index contributed by atoms with van der Waals surface area (Å²) in [6.07, 6.45) is 4.25. The van der Waals surface area contributed by atoms with Gasteiger partial charge in [0.05, 0.1) is 19.2 Å². The molecule has 0 fully saturated rings. The zero-order chi connectivity index (χ0) is 26.7. The van der Waals surface area contributed by atoms with Gasteiger partial charge in [0, 0.05) is 30.4 Å². The molecule has 2 N–H and O–H groups in total. The molecule has 37 heavy (non-hydrogen) atoms. The average molecular weight is 546 g/mol. The minimum atomic E-state index is -4.25. The maximum atomic E-state index is 13.4. The largest absolute Gasteiger partial charge is 0.494 e. The molecular weight excluding hydrogens is 522 g/mol. The number of para-hydroxylation sites is 1. The molecule has 0 saturated heterocycles. The molecule has 0 spiro atoms. The smallest absolute Gasteiger partial charge is 0.243 e. The number of sulfonamides is 1. The third-order valence-corrected chi connectivity index (χ3v) is 7.39. The Morgan fingerprint density at radius 3 is 2.30 bits per heavy atom. The number of ether oxygens (including phenoxy) is 2. The van der Waals surface area contributed by atoms with E-state index >= 15 is 0 Å². The number of nitrogens with zero attached hydrogens (tertiary/aromatic N) is 6. The molecule has 2 atom stereocenters. The van der Waals surface area contributed by atoms with Crippen LogP contribution in [0.2, 0.25) is 5.02 Å². The number of rotatable bonds is 9. The first-order valence-corrected chi connectivity index (χ1v) is 12.8. The second kappa shape index (κ2) is 10.7. The van der Waals surface area contributed by atoms with Crippen molar-refractivity contribution in [1.82, 2.24) is 29.7 Å². The Morgan fingerprint density at radius 1 is 1.05 bits per heavy atom. The van der Waals surface area contributed by atoms with Crippen LogP contribution in [0.1, 0.15) is 24.4 Å². The number of halogens is 1. The Bertz CT molecular complexity index is 1490. The maximum Gasteiger partial charge on any atom is 0.243 e. The first-order chi connectivity index (χ1) is 17.7. The standard InChI is InChI=1S/C23H24ClN7O5S/c1-13-8-15(10-25-9-13)22-28-29-23(31(22)19-17(35-3)6-5-7-18(19)36-4)30-37(33,34)14(2)20(32)21-26-11-16(24)12-27-21/h5-12,14,20,32H,1-4H3,(H,29,30)/t14-,20-/m0/s1. The number of hydrogen-bond acceptors (Lipinski definition) is 10. The van der Waals surface area contributed by atoms with Gasteiger partial charge in [-0.05, 0) is 37.6 Å². The van der Waals surface area contributed by atoms with Crippen LogP contribution in [0.15, 0.2) is 49.1 Å². The lowest BCUT2D eigenvalue weighted by Gasteiger charge is -2.21. The van der Waals surface area contributed by atoms with E-state index in [0.29, 0.717) is 22.7 Å². The van der Waals surface area contributed by atoms with Crippen LogP contribution >= 0.6 is 11.6 Å². The number of aliphatic hydroxyl groups is 1. The minimum Gasteiger partial charge on any atom is -0.494 e. The average Bonchev–Trinajstić information content (AvgIpc) is 3.29. The van der Waals surface area contributed by atoms with E-state index in [0.717, 1.165) is 5.56 Å². The second-order valence-corrected chi connectivity index (χ2v) is 10.5. The van der Waals surface area contributed by atoms with Crippen molar-refractivity contribution < 1.29 is 23.0 Å². The quantitative estimate of drug-likeness (QED) is 0.320. The monoisotopic (exact) mass is 545 g/mol. The Hall–Kier alpha value is -3.81. The van der Waals surface area contributed by atoms with Crippen molar-refractivity contribution in [3.05, 3.63) is 65.5 Å². The van der Waals surface area contributed by atoms with Crippen molar-refractivity contribution in [2.24, 2.45) is 0 Å². The molecule has 0 aliphatic heterocycles. The van der Waals surface area contributed by atoms with E-state index in [2.05, 4.69) is 29.9 Å². The predicted molar refractivity (Wildman–Crippen MR) is 136 cm³/mol. The molecule has 0 saturated carbocycles. The topological polar surface area (TPSA) is 154 Å². The van der Waals surface area contributed by atoms with Crippen LogP contribution in [0.25, 0.3) is 17.1 Å². The number of pyridine rings is 1. The SMILES string of the molecule is COc1cccc(OC)c1-n1c(NS(=O)(=O)[C@@H](C)[C@H](O)c2ncc(Cl)cn2)nnc1-c1cncc(C)c1. The van der Waals surface area contributed by atoms with Crippen molar-refractivity contribution in [2.45, 2.75) is 25.2 Å². The fourth-order valence-electron chi connectivity index (χ4n) is 3.55. The highest BCUT2D eigenvalue weighted by Gasteiger charge is 2.33. The van der Waals surface area contributed by atoms with Crippen LogP contribution in [0.3, 0.4) is 0 Å². The Labute approximate surface area is 218 Å². The number of aryl methyl sites for hydroxylation is 1. The normalized spacial score (nSPS) is 13.1. The van der Waals surface area contributed by atoms with Crippen LogP contribution in [-0.4, -0.2) is 62.7 Å². The van der Waals surface area contributed by atoms with Crippen molar-refractivity contribution in [1.29, 1.82) is 0 Å². The van der Waals surface area contributed by atoms with Gasteiger partial charge < -0.3 is 14.6 Å². The highest BCUT2D eigenvalue weighted by molar-refractivity contribution is 7.93. The third-order valence-electron chi connectivity index (χ3n) is 5.49. The number of aromatic nitrogens is 6. The van der Waals surface area contributed by atoms with Crippen LogP contribution < -0.4 is 14.2 Å². The van der Waals surface area contributed by atoms with E-state index < -0.39 is 21.4 Å². The molecule has 194 valence electrons. The number of hydrogen-bond donors (Lipinski definition) is 2. The molecular formula is C23H24ClN7O5S. The summed E-state index contributed by atoms with van der Waals surface area (Å²) in [7, 11) is -1.30.